The maximum atomic E-state index is 12.5. The Hall–Kier alpha value is -1.49. The Morgan fingerprint density at radius 2 is 0.611 bits per heavy atom. The zero-order valence-electron chi connectivity index (χ0n) is 49.9. The van der Waals surface area contributed by atoms with Crippen LogP contribution in [-0.4, -0.2) is 439 Å². The first-order valence-electron chi connectivity index (χ1n) is 30.0. The Kier molecular flexibility index (Phi) is 28.5. The van der Waals surface area contributed by atoms with Gasteiger partial charge < -0.3 is 214 Å². The molecular formula is C50H89N2O42P. The summed E-state index contributed by atoms with van der Waals surface area (Å²) in [6, 6.07) is -1.70. The molecule has 45 heteroatoms. The number of aliphatic hydroxyl groups is 24. The van der Waals surface area contributed by atoms with Crippen LogP contribution in [0.3, 0.4) is 0 Å². The highest BCUT2D eigenvalue weighted by Gasteiger charge is 2.59. The van der Waals surface area contributed by atoms with Crippen LogP contribution in [0.5, 0.6) is 0 Å². The molecule has 556 valence electrons. The number of nitrogens with two attached hydrogens (primary N) is 2. The summed E-state index contributed by atoms with van der Waals surface area (Å²) in [4.78, 5) is 10.1. The smallest absolute Gasteiger partial charge is 0.329 e. The lowest BCUT2D eigenvalue weighted by Crippen LogP contribution is -2.69. The van der Waals surface area contributed by atoms with Gasteiger partial charge in [0.05, 0.1) is 65.1 Å². The van der Waals surface area contributed by atoms with Crippen LogP contribution < -0.4 is 11.5 Å². The second kappa shape index (κ2) is 34.2. The fourth-order valence-electron chi connectivity index (χ4n) is 11.6. The summed E-state index contributed by atoms with van der Waals surface area (Å²) >= 11 is 0. The summed E-state index contributed by atoms with van der Waals surface area (Å²) in [5.74, 6) is 0. The average Bonchev–Trinajstić information content (AvgIpc) is 0.792. The van der Waals surface area contributed by atoms with Crippen molar-refractivity contribution in [2.45, 2.75) is 246 Å². The quantitative estimate of drug-likeness (QED) is 0.0358. The van der Waals surface area contributed by atoms with Gasteiger partial charge in [0.1, 0.15) is 189 Å². The molecule has 0 bridgehead atoms. The molecule has 0 aromatic heterocycles. The minimum absolute atomic E-state index is 0.320. The van der Waals surface area contributed by atoms with Gasteiger partial charge in [0.2, 0.25) is 0 Å². The van der Waals surface area contributed by atoms with Gasteiger partial charge in [0, 0.05) is 6.54 Å². The van der Waals surface area contributed by atoms with E-state index in [9.17, 15) is 132 Å². The largest absolute Gasteiger partial charge is 0.394 e. The third kappa shape index (κ3) is 17.4. The summed E-state index contributed by atoms with van der Waals surface area (Å²) in [5.41, 5.74) is 11.3. The highest BCUT2D eigenvalue weighted by Crippen LogP contribution is 2.43. The van der Waals surface area contributed by atoms with Crippen molar-refractivity contribution in [2.24, 2.45) is 11.5 Å². The van der Waals surface area contributed by atoms with Gasteiger partial charge in [0.15, 0.2) is 50.3 Å². The zero-order valence-corrected chi connectivity index (χ0v) is 50.8. The molecule has 41 atom stereocenters. The van der Waals surface area contributed by atoms with Gasteiger partial charge in [-0.15, -0.1) is 0 Å². The van der Waals surface area contributed by atoms with E-state index in [0.29, 0.717) is 0 Å². The van der Waals surface area contributed by atoms with E-state index in [2.05, 4.69) is 0 Å². The maximum absolute atomic E-state index is 12.5. The van der Waals surface area contributed by atoms with Crippen molar-refractivity contribution in [3.63, 3.8) is 0 Å². The molecule has 8 aliphatic heterocycles. The van der Waals surface area contributed by atoms with E-state index in [0.717, 1.165) is 0 Å². The number of aliphatic hydroxyl groups excluding tert-OH is 24. The Morgan fingerprint density at radius 3 is 1.02 bits per heavy atom. The molecule has 0 amide bonds. The summed E-state index contributed by atoms with van der Waals surface area (Å²) in [6.45, 7) is -8.60. The average molecular weight is 1420 g/mol. The molecule has 0 aromatic carbocycles. The van der Waals surface area contributed by atoms with Crippen LogP contribution in [0.25, 0.3) is 0 Å². The Balaban J connectivity index is 1.11. The van der Waals surface area contributed by atoms with Gasteiger partial charge in [-0.2, -0.15) is 0 Å². The fraction of sp³-hybridized carbons (Fsp3) is 1.00. The van der Waals surface area contributed by atoms with Crippen LogP contribution in [0, 0.1) is 0 Å². The third-order valence-electron chi connectivity index (χ3n) is 17.4. The molecule has 8 heterocycles. The van der Waals surface area contributed by atoms with Crippen molar-refractivity contribution >= 4 is 7.60 Å². The standard InChI is InChI=1S/C50H89N2O42P/c51-1-2-95(77,78)81-10-18-24(62)30(68)36(74)46(88-18)93-41-32(70)23(61)14(6-56)86-49(41)80-9-17-26(64)39(37(75)47(87-17)90-38-15(7-57)82-43(76)19(52)27(38)65)91-50-42(94-45-35(73)29(67)21(59)12(4-54)84-45)33(71)25(63)16(89-50)8-79-48-40(31(69)22(60)13(5-55)85-48)92-44-34(72)28(66)20(58)11(3-53)83-44/h11-50,53-76H,1-10,51-52H2,(H,77,78)/t11-,12-,13-,14-,15-,16-,17-,18-,19-,20+,21+,22+,23-,24-,25+,26-,27-,28+,29+,30+,31+,32+,33+,34-,35-,36+,37+,38-,39+,40-,41+,42-,43+,44-,45-,46-,47-,48+,49+,50-/m1/s1. The number of ether oxygens (including phenoxy) is 15. The first-order chi connectivity index (χ1) is 44.9. The van der Waals surface area contributed by atoms with E-state index in [-0.39, 0.29) is 6.54 Å². The summed E-state index contributed by atoms with van der Waals surface area (Å²) in [7, 11) is -4.42. The lowest BCUT2D eigenvalue weighted by atomic mass is 9.95. The lowest BCUT2D eigenvalue weighted by molar-refractivity contribution is -0.402. The van der Waals surface area contributed by atoms with Gasteiger partial charge in [-0.05, 0) is 0 Å². The molecule has 44 nitrogen and oxygen atoms in total. The van der Waals surface area contributed by atoms with Crippen molar-refractivity contribution in [2.75, 3.05) is 65.6 Å². The first-order valence-corrected chi connectivity index (χ1v) is 31.8. The molecule has 0 radical (unpaired) electrons. The number of hydrogen-bond acceptors (Lipinski definition) is 43. The van der Waals surface area contributed by atoms with E-state index in [1.807, 2.05) is 0 Å². The van der Waals surface area contributed by atoms with Crippen LogP contribution in [-0.2, 0) is 80.1 Å². The minimum Gasteiger partial charge on any atom is -0.394 e. The first kappa shape index (κ1) is 79.2. The molecule has 29 N–H and O–H groups in total. The van der Waals surface area contributed by atoms with Crippen molar-refractivity contribution in [3.05, 3.63) is 0 Å². The predicted octanol–water partition coefficient (Wildman–Crippen LogP) is -18.3. The molecule has 0 saturated carbocycles. The van der Waals surface area contributed by atoms with Crippen molar-refractivity contribution in [1.29, 1.82) is 0 Å². The number of rotatable bonds is 26. The van der Waals surface area contributed by atoms with Gasteiger partial charge >= 0.3 is 7.60 Å². The van der Waals surface area contributed by atoms with Crippen molar-refractivity contribution < 1.29 is 208 Å². The fourth-order valence-corrected chi connectivity index (χ4v) is 12.5. The molecule has 8 fully saturated rings. The van der Waals surface area contributed by atoms with E-state index in [1.54, 1.807) is 0 Å². The van der Waals surface area contributed by atoms with E-state index < -0.39 is 312 Å². The van der Waals surface area contributed by atoms with Crippen LogP contribution in [0.2, 0.25) is 0 Å². The monoisotopic (exact) mass is 1420 g/mol. The summed E-state index contributed by atoms with van der Waals surface area (Å²) < 4.78 is 104. The second-order valence-electron chi connectivity index (χ2n) is 23.8. The molecule has 8 aliphatic rings. The second-order valence-corrected chi connectivity index (χ2v) is 25.8. The molecule has 8 rings (SSSR count). The molecular weight excluding hydrogens is 1330 g/mol. The summed E-state index contributed by atoms with van der Waals surface area (Å²) in [5, 5.41) is 262. The Morgan fingerprint density at radius 1 is 0.305 bits per heavy atom. The van der Waals surface area contributed by atoms with Crippen LogP contribution >= 0.6 is 7.60 Å². The third-order valence-corrected chi connectivity index (χ3v) is 18.8. The highest BCUT2D eigenvalue weighted by molar-refractivity contribution is 7.52. The highest BCUT2D eigenvalue weighted by atomic mass is 31.2. The summed E-state index contributed by atoms with van der Waals surface area (Å²) in [6.07, 6.45) is -82.0. The van der Waals surface area contributed by atoms with Gasteiger partial charge in [-0.1, -0.05) is 0 Å². The zero-order chi connectivity index (χ0) is 70.0. The minimum atomic E-state index is -4.42. The van der Waals surface area contributed by atoms with Gasteiger partial charge in [-0.3, -0.25) is 4.57 Å². The van der Waals surface area contributed by atoms with Crippen LogP contribution in [0.4, 0.5) is 0 Å². The normalized spacial score (nSPS) is 51.7. The SMILES string of the molecule is NCCP(=O)(O)OC[C@H]1O[C@H](O[C@@H]2[C@@H](OC[C@H]3O[C@H](O[C@H]4[C@H](O)[C@@H](N)[C@@H](O)O[C@@H]4CO)[C@@H](O)[C@@H](O[C@H]4O[C@H](CO[C@H]5O[C@H](CO)[C@H](O)[C@H](O)[C@H]5O[C@H]5O[C@H](CO)[C@H](O)[C@H](O)[C@H]5O)[C@H](O)[C@H](O)[C@H]4O[C@H]4O[C@H](CO)[C@H](O)[C@H](O)[C@H]4O)[C@@H]3O)O[C@H](CO)[C@@H](O)[C@@H]2O)[C@@H](O)[C@@H](O)[C@@H]1O. The molecule has 0 aliphatic carbocycles. The number of hydrogen-bond donors (Lipinski definition) is 27. The van der Waals surface area contributed by atoms with E-state index in [4.69, 9.17) is 87.0 Å². The molecule has 8 saturated heterocycles. The van der Waals surface area contributed by atoms with Crippen molar-refractivity contribution in [3.8, 4) is 0 Å². The van der Waals surface area contributed by atoms with E-state index in [1.165, 1.54) is 0 Å². The molecule has 0 aromatic rings. The molecule has 0 spiro atoms. The van der Waals surface area contributed by atoms with Gasteiger partial charge in [-0.25, -0.2) is 0 Å². The van der Waals surface area contributed by atoms with Crippen molar-refractivity contribution in [1.82, 2.24) is 0 Å². The predicted molar refractivity (Wildman–Crippen MR) is 289 cm³/mol. The maximum Gasteiger partial charge on any atom is 0.329 e. The van der Waals surface area contributed by atoms with E-state index >= 15 is 0 Å². The van der Waals surface area contributed by atoms with Gasteiger partial charge in [0.25, 0.3) is 0 Å². The van der Waals surface area contributed by atoms with Crippen LogP contribution in [0.15, 0.2) is 0 Å². The topological polar surface area (TPSA) is 723 Å². The lowest BCUT2D eigenvalue weighted by Gasteiger charge is -2.50. The molecule has 95 heavy (non-hydrogen) atoms. The molecule has 1 unspecified atom stereocenters. The Bertz CT molecular complexity index is 2370. The van der Waals surface area contributed by atoms with Crippen LogP contribution in [0.1, 0.15) is 0 Å². The Labute approximate surface area is 536 Å².